The zero-order valence-electron chi connectivity index (χ0n) is 24.9. The Hall–Kier alpha value is -2.81. The standard InChI is InChI=1S/C28H43N5O3S.C2H6/c1-8-20-13-14-21(11-10-12-25(34)35)30-19(4)31-24(9-2)37-33-27(36)22-15-16-23(28(5,6)7)32-26(22)29-18(3)17-20;1-2/h9,15-16,18,20-21,30H,2,4,8,10-14,17H2,1,3,5-7H3,(H,29,32)(H,33,36)(H,34,35);1-2H3/b31-24+;. The third-order valence-electron chi connectivity index (χ3n) is 6.46. The van der Waals surface area contributed by atoms with E-state index >= 15 is 0 Å². The van der Waals surface area contributed by atoms with E-state index in [1.54, 1.807) is 6.08 Å². The van der Waals surface area contributed by atoms with Gasteiger partial charge in [-0.25, -0.2) is 9.98 Å². The molecule has 0 radical (unpaired) electrons. The SMILES string of the molecule is C=C/C1=N\C(=C)NC(CCCC(=O)O)CCC(CC)CC(C)Nc2nc(C(C)(C)C)ccc2C(=O)NS1.CC. The van der Waals surface area contributed by atoms with Crippen LogP contribution in [0, 0.1) is 5.92 Å². The van der Waals surface area contributed by atoms with Gasteiger partial charge in [0.2, 0.25) is 0 Å². The van der Waals surface area contributed by atoms with E-state index in [0.717, 1.165) is 43.3 Å². The summed E-state index contributed by atoms with van der Waals surface area (Å²) >= 11 is 1.07. The number of hydrogen-bond donors (Lipinski definition) is 4. The molecule has 4 N–H and O–H groups in total. The number of fused-ring (bicyclic) bond motifs is 1. The zero-order valence-corrected chi connectivity index (χ0v) is 25.7. The summed E-state index contributed by atoms with van der Waals surface area (Å²) in [6.45, 7) is 22.5. The second-order valence-electron chi connectivity index (χ2n) is 10.7. The molecule has 0 fully saturated rings. The molecule has 0 bridgehead atoms. The minimum absolute atomic E-state index is 0.0585. The lowest BCUT2D eigenvalue weighted by Gasteiger charge is -2.26. The number of nitrogens with zero attached hydrogens (tertiary/aromatic N) is 2. The van der Waals surface area contributed by atoms with Crippen molar-refractivity contribution in [2.75, 3.05) is 5.32 Å². The fraction of sp³-hybridized carbons (Fsp3) is 0.600. The van der Waals surface area contributed by atoms with Gasteiger partial charge in [0.25, 0.3) is 5.91 Å². The predicted octanol–water partition coefficient (Wildman–Crippen LogP) is 7.06. The molecule has 9 heteroatoms. The molecule has 0 spiro atoms. The molecule has 8 nitrogen and oxygen atoms in total. The maximum atomic E-state index is 13.2. The van der Waals surface area contributed by atoms with Gasteiger partial charge >= 0.3 is 5.97 Å². The quantitative estimate of drug-likeness (QED) is 0.276. The van der Waals surface area contributed by atoms with Crippen molar-refractivity contribution < 1.29 is 14.7 Å². The van der Waals surface area contributed by atoms with Crippen LogP contribution in [-0.4, -0.2) is 39.1 Å². The van der Waals surface area contributed by atoms with Gasteiger partial charge in [0.15, 0.2) is 0 Å². The number of hydrogen-bond acceptors (Lipinski definition) is 7. The van der Waals surface area contributed by atoms with Crippen LogP contribution in [0.4, 0.5) is 5.82 Å². The second kappa shape index (κ2) is 17.0. The zero-order chi connectivity index (χ0) is 29.6. The van der Waals surface area contributed by atoms with Crippen molar-refractivity contribution in [3.8, 4) is 0 Å². The molecule has 39 heavy (non-hydrogen) atoms. The summed E-state index contributed by atoms with van der Waals surface area (Å²) in [6.07, 6.45) is 6.81. The van der Waals surface area contributed by atoms with Crippen molar-refractivity contribution in [3.63, 3.8) is 0 Å². The summed E-state index contributed by atoms with van der Waals surface area (Å²) < 4.78 is 2.85. The summed E-state index contributed by atoms with van der Waals surface area (Å²) in [5, 5.41) is 16.4. The van der Waals surface area contributed by atoms with Gasteiger partial charge in [-0.1, -0.05) is 61.1 Å². The molecule has 0 aromatic carbocycles. The van der Waals surface area contributed by atoms with Gasteiger partial charge in [-0.05, 0) is 63.2 Å². The Bertz CT molecular complexity index is 1000. The maximum Gasteiger partial charge on any atom is 0.303 e. The first-order chi connectivity index (χ1) is 18.4. The first kappa shape index (κ1) is 34.2. The van der Waals surface area contributed by atoms with Crippen LogP contribution in [0.5, 0.6) is 0 Å². The number of amides is 1. The van der Waals surface area contributed by atoms with Crippen molar-refractivity contribution in [2.45, 2.75) is 111 Å². The fourth-order valence-corrected chi connectivity index (χ4v) is 4.89. The fourth-order valence-electron chi connectivity index (χ4n) is 4.34. The van der Waals surface area contributed by atoms with Gasteiger partial charge in [0.05, 0.1) is 5.56 Å². The molecule has 3 atom stereocenters. The van der Waals surface area contributed by atoms with Crippen molar-refractivity contribution in [1.82, 2.24) is 15.0 Å². The van der Waals surface area contributed by atoms with Crippen LogP contribution in [0.3, 0.4) is 0 Å². The number of anilines is 1. The van der Waals surface area contributed by atoms with E-state index in [9.17, 15) is 9.59 Å². The van der Waals surface area contributed by atoms with Crippen LogP contribution in [0.1, 0.15) is 109 Å². The van der Waals surface area contributed by atoms with E-state index in [4.69, 9.17) is 10.1 Å². The van der Waals surface area contributed by atoms with Crippen molar-refractivity contribution in [2.24, 2.45) is 10.9 Å². The number of carboxylic acids is 1. The summed E-state index contributed by atoms with van der Waals surface area (Å²) in [5.74, 6) is 0.435. The van der Waals surface area contributed by atoms with Gasteiger partial charge in [-0.2, -0.15) is 0 Å². The highest BCUT2D eigenvalue weighted by atomic mass is 32.2. The van der Waals surface area contributed by atoms with E-state index in [0.29, 0.717) is 41.0 Å². The number of aliphatic carboxylic acids is 1. The number of aromatic nitrogens is 1. The van der Waals surface area contributed by atoms with E-state index in [1.807, 2.05) is 26.0 Å². The molecule has 1 aliphatic rings. The highest BCUT2D eigenvalue weighted by molar-refractivity contribution is 8.13. The van der Waals surface area contributed by atoms with Crippen LogP contribution in [0.25, 0.3) is 0 Å². The second-order valence-corrected chi connectivity index (χ2v) is 11.6. The topological polar surface area (TPSA) is 116 Å². The number of carboxylic acid groups (broad SMARTS) is 1. The Labute approximate surface area is 239 Å². The first-order valence-corrected chi connectivity index (χ1v) is 14.9. The molecule has 2 rings (SSSR count). The molecular weight excluding hydrogens is 510 g/mol. The Balaban J connectivity index is 0.00000371. The van der Waals surface area contributed by atoms with Gasteiger partial charge in [0.1, 0.15) is 16.7 Å². The van der Waals surface area contributed by atoms with E-state index in [-0.39, 0.29) is 29.8 Å². The van der Waals surface area contributed by atoms with Crippen molar-refractivity contribution >= 4 is 34.7 Å². The Morgan fingerprint density at radius 3 is 2.51 bits per heavy atom. The molecule has 0 saturated heterocycles. The Kier molecular flexibility index (Phi) is 14.9. The molecule has 1 aromatic heterocycles. The molecule has 3 unspecified atom stereocenters. The molecular formula is C30H49N5O3S. The minimum Gasteiger partial charge on any atom is -0.481 e. The molecule has 218 valence electrons. The number of carbonyl (C=O) groups excluding carboxylic acids is 1. The average molecular weight is 560 g/mol. The van der Waals surface area contributed by atoms with Crippen LogP contribution < -0.4 is 15.4 Å². The van der Waals surface area contributed by atoms with Crippen LogP contribution in [-0.2, 0) is 10.2 Å². The predicted molar refractivity (Wildman–Crippen MR) is 165 cm³/mol. The third kappa shape index (κ3) is 12.3. The maximum absolute atomic E-state index is 13.2. The van der Waals surface area contributed by atoms with E-state index in [1.165, 1.54) is 0 Å². The lowest BCUT2D eigenvalue weighted by molar-refractivity contribution is -0.137. The number of aliphatic imine (C=N–C) groups is 1. The van der Waals surface area contributed by atoms with Crippen LogP contribution >= 0.6 is 11.9 Å². The summed E-state index contributed by atoms with van der Waals surface area (Å²) in [5.41, 5.74) is 1.23. The van der Waals surface area contributed by atoms with Crippen molar-refractivity contribution in [3.05, 3.63) is 48.4 Å². The average Bonchev–Trinajstić information content (AvgIpc) is 2.88. The number of nitrogens with one attached hydrogen (secondary N) is 3. The van der Waals surface area contributed by atoms with Gasteiger partial charge in [0, 0.05) is 41.6 Å². The molecule has 1 amide bonds. The van der Waals surface area contributed by atoms with Crippen LogP contribution in [0.15, 0.2) is 42.2 Å². The summed E-state index contributed by atoms with van der Waals surface area (Å²) in [7, 11) is 0. The Morgan fingerprint density at radius 2 is 1.92 bits per heavy atom. The Morgan fingerprint density at radius 1 is 1.23 bits per heavy atom. The van der Waals surface area contributed by atoms with Gasteiger partial charge in [-0.15, -0.1) is 0 Å². The summed E-state index contributed by atoms with van der Waals surface area (Å²) in [6, 6.07) is 3.90. The summed E-state index contributed by atoms with van der Waals surface area (Å²) in [4.78, 5) is 33.5. The van der Waals surface area contributed by atoms with Crippen LogP contribution in [0.2, 0.25) is 0 Å². The third-order valence-corrected chi connectivity index (χ3v) is 7.22. The first-order valence-electron chi connectivity index (χ1n) is 14.1. The monoisotopic (exact) mass is 559 g/mol. The number of rotatable bonds is 6. The highest BCUT2D eigenvalue weighted by Crippen LogP contribution is 2.27. The number of carbonyl (C=O) groups is 2. The normalized spacial score (nSPS) is 22.4. The number of pyridine rings is 1. The molecule has 0 aliphatic carbocycles. The lowest BCUT2D eigenvalue weighted by Crippen LogP contribution is -2.30. The van der Waals surface area contributed by atoms with Gasteiger partial charge in [-0.3, -0.25) is 14.3 Å². The molecule has 1 aromatic rings. The van der Waals surface area contributed by atoms with Gasteiger partial charge < -0.3 is 15.7 Å². The molecule has 2 heterocycles. The van der Waals surface area contributed by atoms with E-state index in [2.05, 4.69) is 68.1 Å². The highest BCUT2D eigenvalue weighted by Gasteiger charge is 2.23. The molecule has 0 saturated carbocycles. The van der Waals surface area contributed by atoms with Crippen molar-refractivity contribution in [1.29, 1.82) is 0 Å². The minimum atomic E-state index is -0.791. The molecule has 1 aliphatic heterocycles. The lowest BCUT2D eigenvalue weighted by atomic mass is 9.90. The van der Waals surface area contributed by atoms with E-state index < -0.39 is 5.97 Å². The largest absolute Gasteiger partial charge is 0.481 e. The smallest absolute Gasteiger partial charge is 0.303 e.